The van der Waals surface area contributed by atoms with E-state index in [-0.39, 0.29) is 0 Å². The maximum absolute atomic E-state index is 11.6. The van der Waals surface area contributed by atoms with Crippen LogP contribution in [0, 0.1) is 0 Å². The first-order chi connectivity index (χ1) is 9.27. The summed E-state index contributed by atoms with van der Waals surface area (Å²) in [4.78, 5) is 12.9. The molecule has 0 radical (unpaired) electrons. The maximum Gasteiger partial charge on any atom is 0.408 e. The zero-order chi connectivity index (χ0) is 15.3. The van der Waals surface area contributed by atoms with E-state index in [9.17, 15) is 15.0 Å². The van der Waals surface area contributed by atoms with Crippen molar-refractivity contribution in [3.05, 3.63) is 48.6 Å². The summed E-state index contributed by atoms with van der Waals surface area (Å²) in [5.74, 6) is 0. The Hall–Kier alpha value is -1.81. The van der Waals surface area contributed by atoms with Gasteiger partial charge in [-0.25, -0.2) is 4.79 Å². The number of nitrogens with zero attached hydrogens (tertiary/aromatic N) is 1. The highest BCUT2D eigenvalue weighted by Crippen LogP contribution is 2.23. The zero-order valence-electron chi connectivity index (χ0n) is 12.3. The molecule has 0 aliphatic carbocycles. The van der Waals surface area contributed by atoms with Gasteiger partial charge in [-0.1, -0.05) is 36.4 Å². The molecule has 110 valence electrons. The van der Waals surface area contributed by atoms with Crippen molar-refractivity contribution in [3.8, 4) is 0 Å². The lowest BCUT2D eigenvalue weighted by atomic mass is 9.95. The number of carbonyl (C=O) groups is 1. The number of amides is 1. The first-order valence-corrected chi connectivity index (χ1v) is 6.64. The molecule has 4 heteroatoms. The monoisotopic (exact) mass is 277 g/mol. The predicted octanol–water partition coefficient (Wildman–Crippen LogP) is 2.92. The number of benzene rings is 1. The number of aliphatic hydroxyl groups excluding tert-OH is 1. The number of hydrogen-bond acceptors (Lipinski definition) is 2. The van der Waals surface area contributed by atoms with Crippen LogP contribution in [0.15, 0.2) is 43.0 Å². The van der Waals surface area contributed by atoms with Gasteiger partial charge in [0.15, 0.2) is 0 Å². The Morgan fingerprint density at radius 2 is 1.90 bits per heavy atom. The van der Waals surface area contributed by atoms with Crippen molar-refractivity contribution >= 4 is 6.09 Å². The molecule has 0 spiro atoms. The number of rotatable bonds is 5. The van der Waals surface area contributed by atoms with E-state index >= 15 is 0 Å². The molecule has 1 amide bonds. The lowest BCUT2D eigenvalue weighted by Crippen LogP contribution is -2.55. The fraction of sp³-hybridized carbons (Fsp3) is 0.438. The van der Waals surface area contributed by atoms with Gasteiger partial charge in [-0.2, -0.15) is 0 Å². The molecular formula is C16H23NO3. The highest BCUT2D eigenvalue weighted by molar-refractivity contribution is 5.66. The van der Waals surface area contributed by atoms with Crippen LogP contribution in [-0.2, 0) is 6.42 Å². The lowest BCUT2D eigenvalue weighted by molar-refractivity contribution is 0.0245. The van der Waals surface area contributed by atoms with Gasteiger partial charge in [-0.05, 0) is 32.8 Å². The minimum Gasteiger partial charge on any atom is -0.465 e. The van der Waals surface area contributed by atoms with Crippen molar-refractivity contribution < 1.29 is 15.0 Å². The number of carboxylic acid groups (broad SMARTS) is 1. The fourth-order valence-electron chi connectivity index (χ4n) is 2.30. The van der Waals surface area contributed by atoms with Crippen LogP contribution < -0.4 is 0 Å². The van der Waals surface area contributed by atoms with Crippen molar-refractivity contribution in [2.45, 2.75) is 44.9 Å². The van der Waals surface area contributed by atoms with Crippen LogP contribution in [0.5, 0.6) is 0 Å². The fourth-order valence-corrected chi connectivity index (χ4v) is 2.30. The maximum atomic E-state index is 11.6. The third-order valence-electron chi connectivity index (χ3n) is 3.18. The van der Waals surface area contributed by atoms with E-state index in [1.165, 1.54) is 11.0 Å². The van der Waals surface area contributed by atoms with Crippen LogP contribution in [-0.4, -0.2) is 38.9 Å². The molecule has 0 aliphatic heterocycles. The second-order valence-corrected chi connectivity index (χ2v) is 5.81. The van der Waals surface area contributed by atoms with Crippen LogP contribution in [0.3, 0.4) is 0 Å². The number of hydrogen-bond donors (Lipinski definition) is 2. The van der Waals surface area contributed by atoms with Gasteiger partial charge in [-0.3, -0.25) is 4.90 Å². The third kappa shape index (κ3) is 4.10. The second kappa shape index (κ2) is 6.57. The van der Waals surface area contributed by atoms with E-state index in [1.807, 2.05) is 51.1 Å². The molecule has 1 aromatic carbocycles. The molecule has 0 heterocycles. The Balaban J connectivity index is 3.10. The summed E-state index contributed by atoms with van der Waals surface area (Å²) in [6, 6.07) is 8.98. The summed E-state index contributed by atoms with van der Waals surface area (Å²) in [6.07, 6.45) is -0.128. The van der Waals surface area contributed by atoms with E-state index in [0.29, 0.717) is 6.42 Å². The van der Waals surface area contributed by atoms with Crippen molar-refractivity contribution in [1.29, 1.82) is 0 Å². The largest absolute Gasteiger partial charge is 0.465 e. The van der Waals surface area contributed by atoms with Crippen molar-refractivity contribution in [3.63, 3.8) is 0 Å². The molecule has 0 aromatic heterocycles. The van der Waals surface area contributed by atoms with Crippen molar-refractivity contribution in [1.82, 2.24) is 4.90 Å². The van der Waals surface area contributed by atoms with Crippen LogP contribution in [0.1, 0.15) is 26.3 Å². The molecule has 0 saturated heterocycles. The topological polar surface area (TPSA) is 60.8 Å². The average molecular weight is 277 g/mol. The Morgan fingerprint density at radius 3 is 2.30 bits per heavy atom. The minimum atomic E-state index is -1.04. The molecule has 0 fully saturated rings. The van der Waals surface area contributed by atoms with Gasteiger partial charge in [0.25, 0.3) is 0 Å². The second-order valence-electron chi connectivity index (χ2n) is 5.81. The lowest BCUT2D eigenvalue weighted by Gasteiger charge is -2.41. The molecular weight excluding hydrogens is 254 g/mol. The van der Waals surface area contributed by atoms with Gasteiger partial charge >= 0.3 is 6.09 Å². The molecule has 0 saturated carbocycles. The molecule has 0 aliphatic rings. The van der Waals surface area contributed by atoms with Crippen LogP contribution in [0.4, 0.5) is 4.79 Å². The van der Waals surface area contributed by atoms with Gasteiger partial charge in [0.05, 0.1) is 12.1 Å². The molecule has 2 atom stereocenters. The summed E-state index contributed by atoms with van der Waals surface area (Å²) in [6.45, 7) is 9.02. The molecule has 20 heavy (non-hydrogen) atoms. The standard InChI is InChI=1S/C16H23NO3/c1-5-14(18)13(11-12-9-7-6-8-10-12)17(15(19)20)16(2,3)4/h5-10,13-14,18H,1,11H2,2-4H3,(H,19,20)/t13-,14+/m0/s1. The summed E-state index contributed by atoms with van der Waals surface area (Å²) < 4.78 is 0. The van der Waals surface area contributed by atoms with E-state index < -0.39 is 23.8 Å². The Bertz CT molecular complexity index is 451. The smallest absolute Gasteiger partial charge is 0.408 e. The molecule has 1 aromatic rings. The molecule has 2 N–H and O–H groups in total. The van der Waals surface area contributed by atoms with Crippen LogP contribution in [0.25, 0.3) is 0 Å². The summed E-state index contributed by atoms with van der Waals surface area (Å²) >= 11 is 0. The van der Waals surface area contributed by atoms with Crippen LogP contribution in [0.2, 0.25) is 0 Å². The molecule has 0 bridgehead atoms. The quantitative estimate of drug-likeness (QED) is 0.813. The first-order valence-electron chi connectivity index (χ1n) is 6.64. The molecule has 1 rings (SSSR count). The third-order valence-corrected chi connectivity index (χ3v) is 3.18. The minimum absolute atomic E-state index is 0.442. The average Bonchev–Trinajstić information content (AvgIpc) is 2.36. The Morgan fingerprint density at radius 1 is 1.35 bits per heavy atom. The molecule has 0 unspecified atom stereocenters. The van der Waals surface area contributed by atoms with E-state index in [1.54, 1.807) is 0 Å². The predicted molar refractivity (Wildman–Crippen MR) is 79.8 cm³/mol. The first kappa shape index (κ1) is 16.2. The Labute approximate surface area is 120 Å². The van der Waals surface area contributed by atoms with E-state index in [4.69, 9.17) is 0 Å². The van der Waals surface area contributed by atoms with Gasteiger partial charge < -0.3 is 10.2 Å². The van der Waals surface area contributed by atoms with E-state index in [2.05, 4.69) is 6.58 Å². The van der Waals surface area contributed by atoms with Gasteiger partial charge in [0.1, 0.15) is 0 Å². The highest BCUT2D eigenvalue weighted by atomic mass is 16.4. The summed E-state index contributed by atoms with van der Waals surface area (Å²) in [5, 5.41) is 19.6. The normalized spacial score (nSPS) is 14.4. The van der Waals surface area contributed by atoms with Gasteiger partial charge in [0, 0.05) is 5.54 Å². The zero-order valence-corrected chi connectivity index (χ0v) is 12.3. The summed E-state index contributed by atoms with van der Waals surface area (Å²) in [7, 11) is 0. The highest BCUT2D eigenvalue weighted by Gasteiger charge is 2.36. The Kier molecular flexibility index (Phi) is 5.34. The van der Waals surface area contributed by atoms with Crippen molar-refractivity contribution in [2.24, 2.45) is 0 Å². The SMILES string of the molecule is C=C[C@@H](O)[C@H](Cc1ccccc1)N(C(=O)O)C(C)(C)C. The summed E-state index contributed by atoms with van der Waals surface area (Å²) in [5.41, 5.74) is 0.379. The van der Waals surface area contributed by atoms with Gasteiger partial charge in [-0.15, -0.1) is 6.58 Å². The van der Waals surface area contributed by atoms with Gasteiger partial charge in [0.2, 0.25) is 0 Å². The van der Waals surface area contributed by atoms with E-state index in [0.717, 1.165) is 5.56 Å². The van der Waals surface area contributed by atoms with Crippen LogP contribution >= 0.6 is 0 Å². The van der Waals surface area contributed by atoms with Crippen molar-refractivity contribution in [2.75, 3.05) is 0 Å². The molecule has 4 nitrogen and oxygen atoms in total. The number of aliphatic hydroxyl groups is 1.